The standard InChI is InChI=1S/C15H19N5O2S/c1-11-10-23-14(17-11)9-19(2)13-8-16-7-12(18-13)15(21)20-3-5-22-6-4-20/h7-8,10H,3-6,9H2,1-2H3. The van der Waals surface area contributed by atoms with Crippen LogP contribution >= 0.6 is 11.3 Å². The van der Waals surface area contributed by atoms with Gasteiger partial charge in [-0.2, -0.15) is 0 Å². The van der Waals surface area contributed by atoms with Crippen LogP contribution in [0, 0.1) is 6.92 Å². The molecule has 0 saturated carbocycles. The predicted molar refractivity (Wildman–Crippen MR) is 87.7 cm³/mol. The topological polar surface area (TPSA) is 71.5 Å². The van der Waals surface area contributed by atoms with E-state index in [0.717, 1.165) is 10.7 Å². The lowest BCUT2D eigenvalue weighted by atomic mass is 10.3. The molecule has 0 unspecified atom stereocenters. The van der Waals surface area contributed by atoms with Crippen molar-refractivity contribution in [1.29, 1.82) is 0 Å². The van der Waals surface area contributed by atoms with Crippen molar-refractivity contribution in [3.05, 3.63) is 34.2 Å². The number of aromatic nitrogens is 3. The van der Waals surface area contributed by atoms with Crippen LogP contribution in [0.15, 0.2) is 17.8 Å². The Morgan fingerprint density at radius 2 is 2.13 bits per heavy atom. The Morgan fingerprint density at radius 1 is 1.35 bits per heavy atom. The van der Waals surface area contributed by atoms with Gasteiger partial charge in [-0.05, 0) is 6.92 Å². The number of nitrogens with zero attached hydrogens (tertiary/aromatic N) is 5. The van der Waals surface area contributed by atoms with Crippen molar-refractivity contribution in [2.45, 2.75) is 13.5 Å². The Kier molecular flexibility index (Phi) is 4.82. The van der Waals surface area contributed by atoms with Crippen LogP contribution in [0.1, 0.15) is 21.2 Å². The lowest BCUT2D eigenvalue weighted by Crippen LogP contribution is -2.41. The van der Waals surface area contributed by atoms with Crippen LogP contribution in [0.5, 0.6) is 0 Å². The molecule has 1 aliphatic rings. The lowest BCUT2D eigenvalue weighted by Gasteiger charge is -2.26. The quantitative estimate of drug-likeness (QED) is 0.841. The van der Waals surface area contributed by atoms with Crippen LogP contribution < -0.4 is 4.90 Å². The minimum absolute atomic E-state index is 0.0962. The lowest BCUT2D eigenvalue weighted by molar-refractivity contribution is 0.0299. The number of carbonyl (C=O) groups excluding carboxylic acids is 1. The second-order valence-electron chi connectivity index (χ2n) is 5.41. The molecule has 2 aromatic heterocycles. The number of anilines is 1. The van der Waals surface area contributed by atoms with E-state index in [0.29, 0.717) is 44.4 Å². The highest BCUT2D eigenvalue weighted by Crippen LogP contribution is 2.16. The summed E-state index contributed by atoms with van der Waals surface area (Å²) < 4.78 is 5.27. The number of aryl methyl sites for hydroxylation is 1. The first-order valence-corrected chi connectivity index (χ1v) is 8.32. The van der Waals surface area contributed by atoms with Gasteiger partial charge in [-0.15, -0.1) is 11.3 Å². The largest absolute Gasteiger partial charge is 0.378 e. The fraction of sp³-hybridized carbons (Fsp3) is 0.467. The highest BCUT2D eigenvalue weighted by molar-refractivity contribution is 7.09. The second kappa shape index (κ2) is 7.01. The van der Waals surface area contributed by atoms with Crippen LogP contribution in [-0.4, -0.2) is 59.1 Å². The molecule has 0 radical (unpaired) electrons. The Bertz CT molecular complexity index is 684. The van der Waals surface area contributed by atoms with Crippen molar-refractivity contribution < 1.29 is 9.53 Å². The smallest absolute Gasteiger partial charge is 0.274 e. The first-order valence-electron chi connectivity index (χ1n) is 7.44. The number of morpholine rings is 1. The van der Waals surface area contributed by atoms with Gasteiger partial charge < -0.3 is 14.5 Å². The zero-order valence-electron chi connectivity index (χ0n) is 13.2. The molecule has 0 N–H and O–H groups in total. The van der Waals surface area contributed by atoms with Crippen LogP contribution in [0.4, 0.5) is 5.82 Å². The maximum atomic E-state index is 12.5. The third kappa shape index (κ3) is 3.83. The van der Waals surface area contributed by atoms with E-state index in [4.69, 9.17) is 4.74 Å². The molecule has 0 aliphatic carbocycles. The minimum Gasteiger partial charge on any atom is -0.378 e. The average molecular weight is 333 g/mol. The zero-order chi connectivity index (χ0) is 16.2. The van der Waals surface area contributed by atoms with E-state index in [1.54, 1.807) is 22.4 Å². The average Bonchev–Trinajstić information content (AvgIpc) is 3.00. The first-order chi connectivity index (χ1) is 11.1. The summed E-state index contributed by atoms with van der Waals surface area (Å²) in [5.74, 6) is 0.568. The number of amides is 1. The van der Waals surface area contributed by atoms with Gasteiger partial charge in [0.25, 0.3) is 5.91 Å². The van der Waals surface area contributed by atoms with Crippen LogP contribution in [-0.2, 0) is 11.3 Å². The van der Waals surface area contributed by atoms with Gasteiger partial charge in [-0.1, -0.05) is 0 Å². The number of ether oxygens (including phenoxy) is 1. The van der Waals surface area contributed by atoms with Gasteiger partial charge in [0.05, 0.1) is 32.2 Å². The van der Waals surface area contributed by atoms with Crippen LogP contribution in [0.25, 0.3) is 0 Å². The van der Waals surface area contributed by atoms with Crippen LogP contribution in [0.2, 0.25) is 0 Å². The van der Waals surface area contributed by atoms with Gasteiger partial charge in [0.1, 0.15) is 16.5 Å². The van der Waals surface area contributed by atoms with Crippen molar-refractivity contribution in [3.63, 3.8) is 0 Å². The molecule has 0 aromatic carbocycles. The number of rotatable bonds is 4. The molecule has 0 spiro atoms. The van der Waals surface area contributed by atoms with Gasteiger partial charge in [-0.3, -0.25) is 9.78 Å². The molecule has 3 heterocycles. The Labute approximate surface area is 138 Å². The monoisotopic (exact) mass is 333 g/mol. The van der Waals surface area contributed by atoms with E-state index in [2.05, 4.69) is 15.0 Å². The molecule has 1 saturated heterocycles. The van der Waals surface area contributed by atoms with E-state index in [1.807, 2.05) is 24.3 Å². The fourth-order valence-electron chi connectivity index (χ4n) is 2.33. The summed E-state index contributed by atoms with van der Waals surface area (Å²) in [6.07, 6.45) is 3.18. The van der Waals surface area contributed by atoms with Crippen LogP contribution in [0.3, 0.4) is 0 Å². The molecule has 8 heteroatoms. The van der Waals surface area contributed by atoms with E-state index in [1.165, 1.54) is 6.20 Å². The number of hydrogen-bond donors (Lipinski definition) is 0. The molecule has 3 rings (SSSR count). The summed E-state index contributed by atoms with van der Waals surface area (Å²) in [6, 6.07) is 0. The summed E-state index contributed by atoms with van der Waals surface area (Å²) in [6.45, 7) is 4.95. The molecular weight excluding hydrogens is 314 g/mol. The maximum absolute atomic E-state index is 12.5. The van der Waals surface area contributed by atoms with E-state index >= 15 is 0 Å². The Morgan fingerprint density at radius 3 is 2.83 bits per heavy atom. The summed E-state index contributed by atoms with van der Waals surface area (Å²) in [4.78, 5) is 29.2. The zero-order valence-corrected chi connectivity index (χ0v) is 14.0. The van der Waals surface area contributed by atoms with Gasteiger partial charge in [0, 0.05) is 31.2 Å². The van der Waals surface area contributed by atoms with Gasteiger partial charge in [0.15, 0.2) is 0 Å². The Hall–Kier alpha value is -2.06. The van der Waals surface area contributed by atoms with Gasteiger partial charge >= 0.3 is 0 Å². The maximum Gasteiger partial charge on any atom is 0.274 e. The summed E-state index contributed by atoms with van der Waals surface area (Å²) in [7, 11) is 1.92. The van der Waals surface area contributed by atoms with Crippen molar-refractivity contribution in [1.82, 2.24) is 19.9 Å². The van der Waals surface area contributed by atoms with Gasteiger partial charge in [-0.25, -0.2) is 9.97 Å². The van der Waals surface area contributed by atoms with Crippen molar-refractivity contribution in [2.24, 2.45) is 0 Å². The van der Waals surface area contributed by atoms with E-state index < -0.39 is 0 Å². The van der Waals surface area contributed by atoms with Crippen molar-refractivity contribution >= 4 is 23.1 Å². The highest BCUT2D eigenvalue weighted by Gasteiger charge is 2.20. The number of carbonyl (C=O) groups is 1. The normalized spacial score (nSPS) is 14.8. The summed E-state index contributed by atoms with van der Waals surface area (Å²) >= 11 is 1.62. The molecule has 1 fully saturated rings. The van der Waals surface area contributed by atoms with Crippen molar-refractivity contribution in [2.75, 3.05) is 38.3 Å². The second-order valence-corrected chi connectivity index (χ2v) is 6.35. The molecule has 0 bridgehead atoms. The van der Waals surface area contributed by atoms with E-state index in [9.17, 15) is 4.79 Å². The Balaban J connectivity index is 1.72. The minimum atomic E-state index is -0.0962. The molecule has 7 nitrogen and oxygen atoms in total. The summed E-state index contributed by atoms with van der Waals surface area (Å²) in [5.41, 5.74) is 1.38. The molecule has 122 valence electrons. The highest BCUT2D eigenvalue weighted by atomic mass is 32.1. The number of hydrogen-bond acceptors (Lipinski definition) is 7. The first kappa shape index (κ1) is 15.8. The van der Waals surface area contributed by atoms with Crippen molar-refractivity contribution in [3.8, 4) is 0 Å². The number of thiazole rings is 1. The summed E-state index contributed by atoms with van der Waals surface area (Å²) in [5, 5.41) is 3.03. The fourth-order valence-corrected chi connectivity index (χ4v) is 3.15. The SMILES string of the molecule is Cc1csc(CN(C)c2cncc(C(=O)N3CCOCC3)n2)n1. The molecule has 1 aliphatic heterocycles. The third-order valence-corrected chi connectivity index (χ3v) is 4.52. The molecule has 0 atom stereocenters. The van der Waals surface area contributed by atoms with E-state index in [-0.39, 0.29) is 5.91 Å². The predicted octanol–water partition coefficient (Wildman–Crippen LogP) is 1.35. The molecular formula is C15H19N5O2S. The third-order valence-electron chi connectivity index (χ3n) is 3.57. The molecule has 23 heavy (non-hydrogen) atoms. The molecule has 2 aromatic rings. The molecule has 1 amide bonds. The van der Waals surface area contributed by atoms with Gasteiger partial charge in [0.2, 0.25) is 0 Å².